The van der Waals surface area contributed by atoms with Crippen molar-refractivity contribution < 1.29 is 5.11 Å². The summed E-state index contributed by atoms with van der Waals surface area (Å²) >= 11 is 0. The number of nitrogens with one attached hydrogen (secondary N) is 1. The van der Waals surface area contributed by atoms with Crippen molar-refractivity contribution in [1.29, 1.82) is 0 Å². The van der Waals surface area contributed by atoms with Crippen LogP contribution >= 0.6 is 0 Å². The van der Waals surface area contributed by atoms with Gasteiger partial charge < -0.3 is 10.4 Å². The lowest BCUT2D eigenvalue weighted by atomic mass is 9.97. The molecule has 0 heterocycles. The highest BCUT2D eigenvalue weighted by molar-refractivity contribution is 4.79. The first kappa shape index (κ1) is 12.0. The topological polar surface area (TPSA) is 32.3 Å². The highest BCUT2D eigenvalue weighted by atomic mass is 16.3. The summed E-state index contributed by atoms with van der Waals surface area (Å²) in [6.45, 7) is 5.97. The highest BCUT2D eigenvalue weighted by Crippen LogP contribution is 2.24. The Hall–Kier alpha value is -0.0800. The molecule has 0 radical (unpaired) electrons. The normalized spacial score (nSPS) is 19.1. The van der Waals surface area contributed by atoms with Gasteiger partial charge in [0, 0.05) is 6.54 Å². The maximum absolute atomic E-state index is 10.0. The first-order valence-electron chi connectivity index (χ1n) is 6.13. The second kappa shape index (κ2) is 5.72. The van der Waals surface area contributed by atoms with Crippen LogP contribution in [0.2, 0.25) is 0 Å². The molecular weight excluding hydrogens is 174 g/mol. The van der Waals surface area contributed by atoms with E-state index in [1.807, 2.05) is 0 Å². The third-order valence-electron chi connectivity index (χ3n) is 3.68. The lowest BCUT2D eigenvalue weighted by molar-refractivity contribution is 0.0319. The Morgan fingerprint density at radius 3 is 2.29 bits per heavy atom. The van der Waals surface area contributed by atoms with Crippen LogP contribution in [-0.2, 0) is 0 Å². The van der Waals surface area contributed by atoms with Crippen LogP contribution in [0.3, 0.4) is 0 Å². The largest absolute Gasteiger partial charge is 0.389 e. The molecule has 1 rings (SSSR count). The van der Waals surface area contributed by atoms with Crippen LogP contribution in [0.1, 0.15) is 52.4 Å². The van der Waals surface area contributed by atoms with Gasteiger partial charge in [0.25, 0.3) is 0 Å². The number of hydrogen-bond acceptors (Lipinski definition) is 2. The zero-order valence-corrected chi connectivity index (χ0v) is 9.68. The van der Waals surface area contributed by atoms with Crippen LogP contribution in [0.5, 0.6) is 0 Å². The first-order valence-corrected chi connectivity index (χ1v) is 6.13. The predicted molar refractivity (Wildman–Crippen MR) is 60.4 cm³/mol. The molecule has 0 aromatic carbocycles. The number of rotatable bonds is 6. The molecule has 14 heavy (non-hydrogen) atoms. The molecule has 0 spiro atoms. The average Bonchev–Trinajstić information content (AvgIpc) is 2.70. The van der Waals surface area contributed by atoms with Crippen LogP contribution in [0, 0.1) is 5.92 Å². The molecule has 1 fully saturated rings. The molecule has 2 heteroatoms. The van der Waals surface area contributed by atoms with Crippen molar-refractivity contribution in [2.24, 2.45) is 5.92 Å². The molecule has 0 aromatic heterocycles. The van der Waals surface area contributed by atoms with Gasteiger partial charge >= 0.3 is 0 Å². The summed E-state index contributed by atoms with van der Waals surface area (Å²) in [4.78, 5) is 0. The third-order valence-corrected chi connectivity index (χ3v) is 3.68. The van der Waals surface area contributed by atoms with E-state index in [9.17, 15) is 5.11 Å². The lowest BCUT2D eigenvalue weighted by Gasteiger charge is -2.26. The van der Waals surface area contributed by atoms with E-state index in [0.29, 0.717) is 0 Å². The minimum Gasteiger partial charge on any atom is -0.389 e. The summed E-state index contributed by atoms with van der Waals surface area (Å²) in [5.41, 5.74) is -0.474. The maximum Gasteiger partial charge on any atom is 0.0766 e. The standard InChI is InChI=1S/C12H25NO/c1-3-12(14,4-2)10-13-9-11-7-5-6-8-11/h11,13-14H,3-10H2,1-2H3. The fraction of sp³-hybridized carbons (Fsp3) is 1.00. The Bertz CT molecular complexity index is 148. The summed E-state index contributed by atoms with van der Waals surface area (Å²) < 4.78 is 0. The second-order valence-corrected chi connectivity index (χ2v) is 4.71. The van der Waals surface area contributed by atoms with E-state index in [4.69, 9.17) is 0 Å². The predicted octanol–water partition coefficient (Wildman–Crippen LogP) is 2.32. The summed E-state index contributed by atoms with van der Waals surface area (Å²) in [6, 6.07) is 0. The molecular formula is C12H25NO. The summed E-state index contributed by atoms with van der Waals surface area (Å²) in [7, 11) is 0. The molecule has 0 saturated heterocycles. The van der Waals surface area contributed by atoms with Gasteiger partial charge in [0.15, 0.2) is 0 Å². The zero-order valence-electron chi connectivity index (χ0n) is 9.68. The number of aliphatic hydroxyl groups is 1. The van der Waals surface area contributed by atoms with E-state index in [1.165, 1.54) is 25.7 Å². The quantitative estimate of drug-likeness (QED) is 0.688. The fourth-order valence-electron chi connectivity index (χ4n) is 2.22. The third kappa shape index (κ3) is 3.58. The number of hydrogen-bond donors (Lipinski definition) is 2. The SMILES string of the molecule is CCC(O)(CC)CNCC1CCCC1. The Balaban J connectivity index is 2.12. The van der Waals surface area contributed by atoms with Crippen LogP contribution in [-0.4, -0.2) is 23.8 Å². The van der Waals surface area contributed by atoms with Crippen molar-refractivity contribution in [3.05, 3.63) is 0 Å². The smallest absolute Gasteiger partial charge is 0.0766 e. The van der Waals surface area contributed by atoms with Gasteiger partial charge in [0.1, 0.15) is 0 Å². The molecule has 84 valence electrons. The molecule has 0 aliphatic heterocycles. The van der Waals surface area contributed by atoms with Gasteiger partial charge in [0.2, 0.25) is 0 Å². The van der Waals surface area contributed by atoms with Gasteiger partial charge in [0.05, 0.1) is 5.60 Å². The molecule has 1 aliphatic rings. The first-order chi connectivity index (χ1) is 6.70. The molecule has 0 atom stereocenters. The molecule has 2 nitrogen and oxygen atoms in total. The van der Waals surface area contributed by atoms with Crippen LogP contribution in [0.4, 0.5) is 0 Å². The minimum atomic E-state index is -0.474. The van der Waals surface area contributed by atoms with E-state index < -0.39 is 5.60 Å². The van der Waals surface area contributed by atoms with Crippen molar-refractivity contribution in [3.8, 4) is 0 Å². The van der Waals surface area contributed by atoms with Gasteiger partial charge in [-0.3, -0.25) is 0 Å². The summed E-state index contributed by atoms with van der Waals surface area (Å²) in [5.74, 6) is 0.868. The minimum absolute atomic E-state index is 0.474. The Labute approximate surface area is 88.1 Å². The van der Waals surface area contributed by atoms with E-state index in [-0.39, 0.29) is 0 Å². The van der Waals surface area contributed by atoms with Gasteiger partial charge in [-0.05, 0) is 38.1 Å². The molecule has 2 N–H and O–H groups in total. The Morgan fingerprint density at radius 1 is 1.21 bits per heavy atom. The van der Waals surface area contributed by atoms with Gasteiger partial charge in [-0.25, -0.2) is 0 Å². The maximum atomic E-state index is 10.0. The van der Waals surface area contributed by atoms with Gasteiger partial charge in [-0.2, -0.15) is 0 Å². The fourth-order valence-corrected chi connectivity index (χ4v) is 2.22. The van der Waals surface area contributed by atoms with Crippen molar-refractivity contribution in [2.75, 3.05) is 13.1 Å². The Morgan fingerprint density at radius 2 is 1.79 bits per heavy atom. The summed E-state index contributed by atoms with van der Waals surface area (Å²) in [5, 5.41) is 13.5. The molecule has 0 amide bonds. The van der Waals surface area contributed by atoms with Crippen molar-refractivity contribution in [2.45, 2.75) is 58.0 Å². The van der Waals surface area contributed by atoms with Crippen molar-refractivity contribution in [1.82, 2.24) is 5.32 Å². The van der Waals surface area contributed by atoms with E-state index in [1.54, 1.807) is 0 Å². The molecule has 0 bridgehead atoms. The van der Waals surface area contributed by atoms with Crippen molar-refractivity contribution >= 4 is 0 Å². The van der Waals surface area contributed by atoms with Crippen LogP contribution in [0.25, 0.3) is 0 Å². The van der Waals surface area contributed by atoms with E-state index in [2.05, 4.69) is 19.2 Å². The van der Waals surface area contributed by atoms with Gasteiger partial charge in [-0.1, -0.05) is 26.7 Å². The van der Waals surface area contributed by atoms with E-state index in [0.717, 1.165) is 31.8 Å². The molecule has 0 aromatic rings. The highest BCUT2D eigenvalue weighted by Gasteiger charge is 2.22. The van der Waals surface area contributed by atoms with Gasteiger partial charge in [-0.15, -0.1) is 0 Å². The Kier molecular flexibility index (Phi) is 4.90. The zero-order chi connectivity index (χ0) is 10.4. The van der Waals surface area contributed by atoms with Crippen LogP contribution < -0.4 is 5.32 Å². The average molecular weight is 199 g/mol. The monoisotopic (exact) mass is 199 g/mol. The van der Waals surface area contributed by atoms with Crippen LogP contribution in [0.15, 0.2) is 0 Å². The summed E-state index contributed by atoms with van der Waals surface area (Å²) in [6.07, 6.45) is 7.26. The van der Waals surface area contributed by atoms with E-state index >= 15 is 0 Å². The molecule has 1 aliphatic carbocycles. The molecule has 0 unspecified atom stereocenters. The second-order valence-electron chi connectivity index (χ2n) is 4.71. The molecule has 1 saturated carbocycles. The van der Waals surface area contributed by atoms with Crippen molar-refractivity contribution in [3.63, 3.8) is 0 Å². The lowest BCUT2D eigenvalue weighted by Crippen LogP contribution is -2.40.